The van der Waals surface area contributed by atoms with Crippen molar-refractivity contribution in [3.8, 4) is 11.5 Å². The van der Waals surface area contributed by atoms with Crippen LogP contribution in [0.25, 0.3) is 0 Å². The van der Waals surface area contributed by atoms with Gasteiger partial charge in [0.25, 0.3) is 5.91 Å². The van der Waals surface area contributed by atoms with Crippen LogP contribution in [0.4, 0.5) is 5.69 Å². The van der Waals surface area contributed by atoms with Crippen LogP contribution < -0.4 is 14.4 Å². The fourth-order valence-corrected chi connectivity index (χ4v) is 2.14. The number of benzene rings is 1. The maximum absolute atomic E-state index is 12.2. The van der Waals surface area contributed by atoms with E-state index in [0.717, 1.165) is 6.29 Å². The van der Waals surface area contributed by atoms with Crippen molar-refractivity contribution in [1.82, 2.24) is 0 Å². The van der Waals surface area contributed by atoms with Crippen LogP contribution in [-0.4, -0.2) is 31.4 Å². The highest BCUT2D eigenvalue weighted by molar-refractivity contribution is 6.01. The summed E-state index contributed by atoms with van der Waals surface area (Å²) in [6.07, 6.45) is 1.76. The maximum Gasteiger partial charge on any atom is 0.268 e. The Hall–Kier alpha value is -2.30. The minimum atomic E-state index is -0.594. The average molecular weight is 275 g/mol. The lowest BCUT2D eigenvalue weighted by Crippen LogP contribution is -2.44. The molecular weight excluding hydrogens is 258 g/mol. The highest BCUT2D eigenvalue weighted by Gasteiger charge is 2.33. The molecule has 0 N–H and O–H groups in total. The van der Waals surface area contributed by atoms with Crippen molar-refractivity contribution in [1.29, 1.82) is 0 Å². The van der Waals surface area contributed by atoms with Gasteiger partial charge in [-0.25, -0.2) is 0 Å². The number of aldehydes is 1. The van der Waals surface area contributed by atoms with Gasteiger partial charge < -0.3 is 14.4 Å². The molecule has 0 bridgehead atoms. The third-order valence-corrected chi connectivity index (χ3v) is 3.00. The molecular formula is C15H17NO4. The molecule has 20 heavy (non-hydrogen) atoms. The van der Waals surface area contributed by atoms with Crippen molar-refractivity contribution in [2.24, 2.45) is 0 Å². The second kappa shape index (κ2) is 5.77. The van der Waals surface area contributed by atoms with E-state index in [0.29, 0.717) is 35.9 Å². The number of rotatable bonds is 5. The quantitative estimate of drug-likeness (QED) is 0.610. The SMILES string of the molecule is C=CCN1C(=O)C(C)Oc2c(OCC)cc(C=O)cc21. The largest absolute Gasteiger partial charge is 0.490 e. The van der Waals surface area contributed by atoms with Crippen molar-refractivity contribution >= 4 is 17.9 Å². The molecule has 0 saturated heterocycles. The Morgan fingerprint density at radius 3 is 2.85 bits per heavy atom. The van der Waals surface area contributed by atoms with Crippen LogP contribution in [-0.2, 0) is 4.79 Å². The van der Waals surface area contributed by atoms with Gasteiger partial charge in [-0.1, -0.05) is 6.08 Å². The Balaban J connectivity index is 2.59. The molecule has 2 rings (SSSR count). The zero-order valence-corrected chi connectivity index (χ0v) is 11.6. The lowest BCUT2D eigenvalue weighted by atomic mass is 10.1. The number of ether oxygens (including phenoxy) is 2. The van der Waals surface area contributed by atoms with E-state index in [1.54, 1.807) is 30.0 Å². The standard InChI is InChI=1S/C15H17NO4/c1-4-6-16-12-7-11(9-17)8-13(19-5-2)14(12)20-10(3)15(16)18/h4,7-10H,1,5-6H2,2-3H3. The summed E-state index contributed by atoms with van der Waals surface area (Å²) in [5.41, 5.74) is 0.980. The van der Waals surface area contributed by atoms with Gasteiger partial charge in [0.15, 0.2) is 17.6 Å². The molecule has 1 aromatic rings. The van der Waals surface area contributed by atoms with E-state index in [2.05, 4.69) is 6.58 Å². The van der Waals surface area contributed by atoms with Gasteiger partial charge in [-0.2, -0.15) is 0 Å². The zero-order chi connectivity index (χ0) is 14.7. The number of amides is 1. The van der Waals surface area contributed by atoms with Gasteiger partial charge in [0.05, 0.1) is 12.3 Å². The van der Waals surface area contributed by atoms with Crippen LogP contribution in [0, 0.1) is 0 Å². The number of anilines is 1. The summed E-state index contributed by atoms with van der Waals surface area (Å²) in [6.45, 7) is 7.99. The molecule has 1 amide bonds. The predicted molar refractivity (Wildman–Crippen MR) is 75.6 cm³/mol. The second-order valence-corrected chi connectivity index (χ2v) is 4.42. The number of nitrogens with zero attached hydrogens (tertiary/aromatic N) is 1. The molecule has 0 fully saturated rings. The summed E-state index contributed by atoms with van der Waals surface area (Å²) < 4.78 is 11.1. The molecule has 1 aliphatic heterocycles. The third-order valence-electron chi connectivity index (χ3n) is 3.00. The first-order chi connectivity index (χ1) is 9.62. The monoisotopic (exact) mass is 275 g/mol. The molecule has 1 atom stereocenters. The Bertz CT molecular complexity index is 553. The zero-order valence-electron chi connectivity index (χ0n) is 11.6. The van der Waals surface area contributed by atoms with E-state index in [1.807, 2.05) is 6.92 Å². The Kier molecular flexibility index (Phi) is 4.08. The van der Waals surface area contributed by atoms with Gasteiger partial charge in [-0.3, -0.25) is 9.59 Å². The molecule has 0 spiro atoms. The van der Waals surface area contributed by atoms with E-state index >= 15 is 0 Å². The summed E-state index contributed by atoms with van der Waals surface area (Å²) in [7, 11) is 0. The van der Waals surface area contributed by atoms with Crippen molar-refractivity contribution in [2.75, 3.05) is 18.1 Å². The number of carbonyl (C=O) groups excluding carboxylic acids is 2. The summed E-state index contributed by atoms with van der Waals surface area (Å²) in [5.74, 6) is 0.801. The van der Waals surface area contributed by atoms with E-state index < -0.39 is 6.10 Å². The number of carbonyl (C=O) groups is 2. The first-order valence-electron chi connectivity index (χ1n) is 6.47. The normalized spacial score (nSPS) is 17.2. The van der Waals surface area contributed by atoms with Crippen LogP contribution in [0.5, 0.6) is 11.5 Å². The summed E-state index contributed by atoms with van der Waals surface area (Å²) in [5, 5.41) is 0. The molecule has 5 nitrogen and oxygen atoms in total. The van der Waals surface area contributed by atoms with E-state index in [9.17, 15) is 9.59 Å². The highest BCUT2D eigenvalue weighted by atomic mass is 16.5. The van der Waals surface area contributed by atoms with E-state index in [4.69, 9.17) is 9.47 Å². The fourth-order valence-electron chi connectivity index (χ4n) is 2.14. The molecule has 5 heteroatoms. The van der Waals surface area contributed by atoms with Crippen LogP contribution in [0.2, 0.25) is 0 Å². The number of fused-ring (bicyclic) bond motifs is 1. The van der Waals surface area contributed by atoms with Crippen molar-refractivity contribution in [2.45, 2.75) is 20.0 Å². The minimum Gasteiger partial charge on any atom is -0.490 e. The van der Waals surface area contributed by atoms with Gasteiger partial charge in [-0.15, -0.1) is 6.58 Å². The molecule has 0 aliphatic carbocycles. The van der Waals surface area contributed by atoms with E-state index in [1.165, 1.54) is 0 Å². The summed E-state index contributed by atoms with van der Waals surface area (Å²) in [4.78, 5) is 24.8. The van der Waals surface area contributed by atoms with E-state index in [-0.39, 0.29) is 5.91 Å². The number of hydrogen-bond donors (Lipinski definition) is 0. The van der Waals surface area contributed by atoms with Gasteiger partial charge in [-0.05, 0) is 26.0 Å². The van der Waals surface area contributed by atoms with Crippen LogP contribution in [0.1, 0.15) is 24.2 Å². The lowest BCUT2D eigenvalue weighted by molar-refractivity contribution is -0.125. The molecule has 1 aromatic carbocycles. The van der Waals surface area contributed by atoms with Gasteiger partial charge in [0.2, 0.25) is 0 Å². The molecule has 106 valence electrons. The summed E-state index contributed by atoms with van der Waals surface area (Å²) >= 11 is 0. The van der Waals surface area contributed by atoms with Crippen LogP contribution in [0.3, 0.4) is 0 Å². The van der Waals surface area contributed by atoms with Gasteiger partial charge in [0.1, 0.15) is 6.29 Å². The molecule has 1 unspecified atom stereocenters. The molecule has 0 radical (unpaired) electrons. The number of hydrogen-bond acceptors (Lipinski definition) is 4. The predicted octanol–water partition coefficient (Wildman–Crippen LogP) is 2.20. The van der Waals surface area contributed by atoms with Crippen LogP contribution >= 0.6 is 0 Å². The molecule has 1 heterocycles. The van der Waals surface area contributed by atoms with Gasteiger partial charge in [0, 0.05) is 12.1 Å². The first kappa shape index (κ1) is 14.1. The minimum absolute atomic E-state index is 0.164. The smallest absolute Gasteiger partial charge is 0.268 e. The summed E-state index contributed by atoms with van der Waals surface area (Å²) in [6, 6.07) is 3.24. The van der Waals surface area contributed by atoms with Crippen molar-refractivity contribution < 1.29 is 19.1 Å². The van der Waals surface area contributed by atoms with Gasteiger partial charge >= 0.3 is 0 Å². The first-order valence-corrected chi connectivity index (χ1v) is 6.47. The average Bonchev–Trinajstić information content (AvgIpc) is 2.44. The maximum atomic E-state index is 12.2. The lowest BCUT2D eigenvalue weighted by Gasteiger charge is -2.33. The highest BCUT2D eigenvalue weighted by Crippen LogP contribution is 2.42. The Morgan fingerprint density at radius 2 is 2.25 bits per heavy atom. The van der Waals surface area contributed by atoms with Crippen molar-refractivity contribution in [3.63, 3.8) is 0 Å². The third kappa shape index (κ3) is 2.39. The topological polar surface area (TPSA) is 55.8 Å². The van der Waals surface area contributed by atoms with Crippen LogP contribution in [0.15, 0.2) is 24.8 Å². The second-order valence-electron chi connectivity index (χ2n) is 4.42. The molecule has 1 aliphatic rings. The molecule has 0 saturated carbocycles. The fraction of sp³-hybridized carbons (Fsp3) is 0.333. The van der Waals surface area contributed by atoms with Crippen molar-refractivity contribution in [3.05, 3.63) is 30.4 Å². The molecule has 0 aromatic heterocycles. The Labute approximate surface area is 117 Å². The Morgan fingerprint density at radius 1 is 1.50 bits per heavy atom.